The smallest absolute Gasteiger partial charge is 0.247 e. The van der Waals surface area contributed by atoms with Gasteiger partial charge in [-0.2, -0.15) is 0 Å². The molecule has 262 valence electrons. The lowest BCUT2D eigenvalue weighted by Gasteiger charge is -2.28. The van der Waals surface area contributed by atoms with Gasteiger partial charge in [0, 0.05) is 18.1 Å². The fraction of sp³-hybridized carbons (Fsp3) is 0.625. The van der Waals surface area contributed by atoms with Gasteiger partial charge in [0.15, 0.2) is 29.9 Å². The van der Waals surface area contributed by atoms with Crippen molar-refractivity contribution in [2.75, 3.05) is 35.4 Å². The highest BCUT2D eigenvalue weighted by Crippen LogP contribution is 2.34. The third-order valence-electron chi connectivity index (χ3n) is 8.13. The van der Waals surface area contributed by atoms with Gasteiger partial charge in [-0.3, -0.25) is 9.59 Å². The van der Waals surface area contributed by atoms with Crippen molar-refractivity contribution in [2.24, 2.45) is 5.92 Å². The highest BCUT2D eigenvalue weighted by atomic mass is 32.2. The molecule has 1 aromatic carbocycles. The zero-order valence-corrected chi connectivity index (χ0v) is 32.0. The van der Waals surface area contributed by atoms with Gasteiger partial charge in [0.2, 0.25) is 11.8 Å². The maximum atomic E-state index is 12.8. The van der Waals surface area contributed by atoms with Crippen molar-refractivity contribution in [3.05, 3.63) is 34.8 Å². The largest absolute Gasteiger partial charge is 0.381 e. The van der Waals surface area contributed by atoms with E-state index in [2.05, 4.69) is 41.4 Å². The Morgan fingerprint density at radius 1 is 0.851 bits per heavy atom. The molecule has 3 heterocycles. The molecule has 0 spiro atoms. The predicted octanol–water partition coefficient (Wildman–Crippen LogP) is 6.15. The van der Waals surface area contributed by atoms with E-state index >= 15 is 0 Å². The van der Waals surface area contributed by atoms with Crippen LogP contribution in [0.25, 0.3) is 10.2 Å². The number of benzene rings is 1. The van der Waals surface area contributed by atoms with Gasteiger partial charge in [0.05, 0.1) is 27.4 Å². The first-order chi connectivity index (χ1) is 21.6. The summed E-state index contributed by atoms with van der Waals surface area (Å²) < 4.78 is 53.3. The Balaban J connectivity index is 0.000000258. The van der Waals surface area contributed by atoms with Gasteiger partial charge in [-0.1, -0.05) is 51.2 Å². The van der Waals surface area contributed by atoms with E-state index in [0.29, 0.717) is 29.9 Å². The summed E-state index contributed by atoms with van der Waals surface area (Å²) in [6.07, 6.45) is 1.92. The number of nitrogens with zero attached hydrogens (tertiary/aromatic N) is 2. The number of rotatable bonds is 10. The SMILES string of the molecule is CC(C)(C(=O)Nc1nc2ccccc2s1)S(=O)(=O)CC1CCOCC1.CCCS(=O)(=O)C(C)(C)C(=O)Nc1nc(C)c(C(C)(C)C)s1. The zero-order valence-electron chi connectivity index (χ0n) is 28.7. The molecular formula is C32H48N4O7S4. The number of hydrogen-bond donors (Lipinski definition) is 2. The average Bonchev–Trinajstić information content (AvgIpc) is 3.55. The Bertz CT molecular complexity index is 1750. The second kappa shape index (κ2) is 15.0. The monoisotopic (exact) mass is 728 g/mol. The summed E-state index contributed by atoms with van der Waals surface area (Å²) in [5.41, 5.74) is 1.59. The molecule has 2 aromatic heterocycles. The molecule has 15 heteroatoms. The molecule has 47 heavy (non-hydrogen) atoms. The van der Waals surface area contributed by atoms with E-state index in [1.54, 1.807) is 6.92 Å². The van der Waals surface area contributed by atoms with Gasteiger partial charge in [0.1, 0.15) is 9.49 Å². The van der Waals surface area contributed by atoms with Crippen molar-refractivity contribution in [2.45, 2.75) is 96.5 Å². The van der Waals surface area contributed by atoms with Crippen LogP contribution in [0.3, 0.4) is 0 Å². The molecule has 0 saturated carbocycles. The number of amides is 2. The molecule has 4 rings (SSSR count). The molecule has 0 bridgehead atoms. The van der Waals surface area contributed by atoms with Crippen LogP contribution in [0.4, 0.5) is 10.3 Å². The summed E-state index contributed by atoms with van der Waals surface area (Å²) in [6.45, 7) is 16.9. The number of carbonyl (C=O) groups excluding carboxylic acids is 2. The third kappa shape index (κ3) is 9.37. The highest BCUT2D eigenvalue weighted by Gasteiger charge is 2.43. The van der Waals surface area contributed by atoms with Gasteiger partial charge in [-0.05, 0) is 77.3 Å². The first-order valence-corrected chi connectivity index (χ1v) is 20.5. The summed E-state index contributed by atoms with van der Waals surface area (Å²) >= 11 is 2.73. The van der Waals surface area contributed by atoms with Crippen molar-refractivity contribution >= 4 is 74.6 Å². The van der Waals surface area contributed by atoms with Crippen molar-refractivity contribution in [1.29, 1.82) is 0 Å². The van der Waals surface area contributed by atoms with Crippen LogP contribution >= 0.6 is 22.7 Å². The lowest BCUT2D eigenvalue weighted by Crippen LogP contribution is -2.47. The summed E-state index contributed by atoms with van der Waals surface area (Å²) in [7, 11) is -7.10. The second-order valence-electron chi connectivity index (χ2n) is 13.8. The highest BCUT2D eigenvalue weighted by molar-refractivity contribution is 7.93. The first kappa shape index (κ1) is 39.0. The average molecular weight is 729 g/mol. The number of aryl methyl sites for hydroxylation is 1. The van der Waals surface area contributed by atoms with E-state index in [0.717, 1.165) is 33.6 Å². The third-order valence-corrected chi connectivity index (χ3v) is 15.9. The Hall–Kier alpha value is -2.46. The molecule has 1 fully saturated rings. The minimum Gasteiger partial charge on any atom is -0.381 e. The van der Waals surface area contributed by atoms with Gasteiger partial charge >= 0.3 is 0 Å². The molecule has 1 aliphatic rings. The van der Waals surface area contributed by atoms with Crippen LogP contribution in [0, 0.1) is 12.8 Å². The fourth-order valence-electron chi connectivity index (χ4n) is 4.80. The molecule has 0 unspecified atom stereocenters. The quantitative estimate of drug-likeness (QED) is 0.250. The topological polar surface area (TPSA) is 161 Å². The van der Waals surface area contributed by atoms with Gasteiger partial charge < -0.3 is 15.4 Å². The molecule has 1 aliphatic heterocycles. The van der Waals surface area contributed by atoms with E-state index in [-0.39, 0.29) is 22.8 Å². The van der Waals surface area contributed by atoms with Crippen molar-refractivity contribution < 1.29 is 31.2 Å². The number of carbonyl (C=O) groups is 2. The number of hydrogen-bond acceptors (Lipinski definition) is 11. The summed E-state index contributed by atoms with van der Waals surface area (Å²) in [5, 5.41) is 6.22. The fourth-order valence-corrected chi connectivity index (χ4v) is 9.77. The van der Waals surface area contributed by atoms with Crippen LogP contribution in [-0.4, -0.2) is 72.8 Å². The molecule has 0 atom stereocenters. The number of sulfone groups is 2. The minimum absolute atomic E-state index is 0.00242. The standard InChI is InChI=1S/C17H22N2O4S2.C15H26N2O3S2/c1-17(2,25(21,22)11-12-7-9-23-10-8-12)15(20)19-16-18-13-5-3-4-6-14(13)24-16;1-8-9-22(19,20)15(6,7)12(18)17-13-16-10(2)11(21-13)14(3,4)5/h3-6,12H,7-11H2,1-2H3,(H,18,19,20);8-9H2,1-7H3,(H,16,17,18). The number of aromatic nitrogens is 2. The Morgan fingerprint density at radius 3 is 1.89 bits per heavy atom. The van der Waals surface area contributed by atoms with Gasteiger partial charge in [-0.25, -0.2) is 26.8 Å². The molecule has 2 amide bonds. The number of fused-ring (bicyclic) bond motifs is 1. The summed E-state index contributed by atoms with van der Waals surface area (Å²) in [5.74, 6) is -1.02. The molecule has 1 saturated heterocycles. The maximum Gasteiger partial charge on any atom is 0.247 e. The molecule has 2 N–H and O–H groups in total. The van der Waals surface area contributed by atoms with E-state index in [1.807, 2.05) is 31.2 Å². The van der Waals surface area contributed by atoms with Crippen molar-refractivity contribution in [1.82, 2.24) is 9.97 Å². The van der Waals surface area contributed by atoms with Crippen LogP contribution in [-0.2, 0) is 39.4 Å². The van der Waals surface area contributed by atoms with E-state index in [1.165, 1.54) is 50.4 Å². The predicted molar refractivity (Wildman–Crippen MR) is 192 cm³/mol. The number of anilines is 2. The number of thiazole rings is 2. The van der Waals surface area contributed by atoms with Crippen LogP contribution in [0.1, 0.15) is 85.2 Å². The Kier molecular flexibility index (Phi) is 12.4. The molecule has 11 nitrogen and oxygen atoms in total. The van der Waals surface area contributed by atoms with Crippen molar-refractivity contribution in [3.8, 4) is 0 Å². The Labute approximate surface area is 287 Å². The molecular weight excluding hydrogens is 681 g/mol. The number of nitrogens with one attached hydrogen (secondary N) is 2. The molecule has 0 aliphatic carbocycles. The van der Waals surface area contributed by atoms with Gasteiger partial charge in [-0.15, -0.1) is 11.3 Å². The van der Waals surface area contributed by atoms with E-state index < -0.39 is 41.0 Å². The van der Waals surface area contributed by atoms with Crippen molar-refractivity contribution in [3.63, 3.8) is 0 Å². The zero-order chi connectivity index (χ0) is 35.4. The van der Waals surface area contributed by atoms with Crippen LogP contribution in [0.15, 0.2) is 24.3 Å². The second-order valence-corrected chi connectivity index (χ2v) is 21.0. The first-order valence-electron chi connectivity index (χ1n) is 15.6. The normalized spacial score (nSPS) is 15.2. The number of para-hydroxylation sites is 1. The number of ether oxygens (including phenoxy) is 1. The van der Waals surface area contributed by atoms with E-state index in [9.17, 15) is 26.4 Å². The lowest BCUT2D eigenvalue weighted by molar-refractivity contribution is -0.118. The maximum absolute atomic E-state index is 12.8. The summed E-state index contributed by atoms with van der Waals surface area (Å²) in [6, 6.07) is 7.54. The van der Waals surface area contributed by atoms with E-state index in [4.69, 9.17) is 4.74 Å². The van der Waals surface area contributed by atoms with Crippen LogP contribution in [0.2, 0.25) is 0 Å². The molecule has 0 radical (unpaired) electrons. The lowest BCUT2D eigenvalue weighted by atomic mass is 9.94. The van der Waals surface area contributed by atoms with Crippen LogP contribution in [0.5, 0.6) is 0 Å². The summed E-state index contributed by atoms with van der Waals surface area (Å²) in [4.78, 5) is 34.8. The van der Waals surface area contributed by atoms with Gasteiger partial charge in [0.25, 0.3) is 0 Å². The minimum atomic E-state index is -3.60. The van der Waals surface area contributed by atoms with Crippen LogP contribution < -0.4 is 10.6 Å². The molecule has 3 aromatic rings. The Morgan fingerprint density at radius 2 is 1.38 bits per heavy atom.